The summed E-state index contributed by atoms with van der Waals surface area (Å²) in [4.78, 5) is 15.8. The van der Waals surface area contributed by atoms with Gasteiger partial charge in [0.1, 0.15) is 5.76 Å². The lowest BCUT2D eigenvalue weighted by atomic mass is 9.91. The lowest BCUT2D eigenvalue weighted by Gasteiger charge is -2.35. The number of carbonyl (C=O) groups is 1. The fourth-order valence-electron chi connectivity index (χ4n) is 2.78. The van der Waals surface area contributed by atoms with Crippen LogP contribution >= 0.6 is 0 Å². The highest BCUT2D eigenvalue weighted by Crippen LogP contribution is 2.22. The van der Waals surface area contributed by atoms with Crippen LogP contribution in [-0.2, 0) is 11.3 Å². The van der Waals surface area contributed by atoms with Crippen LogP contribution < -0.4 is 0 Å². The van der Waals surface area contributed by atoms with E-state index in [9.17, 15) is 9.90 Å². The van der Waals surface area contributed by atoms with Crippen molar-refractivity contribution in [3.8, 4) is 0 Å². The standard InChI is InChI=1S/C15H24N2O3/c1-16(13-7-3-4-8-14(13)18)11-15(19)17(2)10-12-6-5-9-20-12/h5-6,9,13-14,18H,3-4,7-8,10-11H2,1-2H3. The van der Waals surface area contributed by atoms with Crippen LogP contribution in [0.25, 0.3) is 0 Å². The summed E-state index contributed by atoms with van der Waals surface area (Å²) in [6.07, 6.45) is 5.31. The quantitative estimate of drug-likeness (QED) is 0.887. The minimum absolute atomic E-state index is 0.0432. The largest absolute Gasteiger partial charge is 0.467 e. The normalized spacial score (nSPS) is 23.0. The number of furan rings is 1. The highest BCUT2D eigenvalue weighted by Gasteiger charge is 2.28. The fraction of sp³-hybridized carbons (Fsp3) is 0.667. The maximum Gasteiger partial charge on any atom is 0.236 e. The Morgan fingerprint density at radius 1 is 1.40 bits per heavy atom. The van der Waals surface area contributed by atoms with E-state index in [4.69, 9.17) is 4.42 Å². The Hall–Kier alpha value is -1.33. The van der Waals surface area contributed by atoms with Crippen molar-refractivity contribution in [3.05, 3.63) is 24.2 Å². The van der Waals surface area contributed by atoms with Crippen LogP contribution in [0.15, 0.2) is 22.8 Å². The van der Waals surface area contributed by atoms with E-state index >= 15 is 0 Å². The molecule has 2 rings (SSSR count). The van der Waals surface area contributed by atoms with Crippen molar-refractivity contribution < 1.29 is 14.3 Å². The molecule has 0 spiro atoms. The molecule has 5 heteroatoms. The van der Waals surface area contributed by atoms with Crippen molar-refractivity contribution in [2.45, 2.75) is 44.4 Å². The highest BCUT2D eigenvalue weighted by molar-refractivity contribution is 5.77. The van der Waals surface area contributed by atoms with Crippen molar-refractivity contribution in [1.29, 1.82) is 0 Å². The van der Waals surface area contributed by atoms with Crippen molar-refractivity contribution in [1.82, 2.24) is 9.80 Å². The van der Waals surface area contributed by atoms with Crippen molar-refractivity contribution in [2.75, 3.05) is 20.6 Å². The van der Waals surface area contributed by atoms with Crippen LogP contribution in [-0.4, -0.2) is 53.6 Å². The van der Waals surface area contributed by atoms with Crippen molar-refractivity contribution >= 4 is 5.91 Å². The molecule has 2 unspecified atom stereocenters. The number of nitrogens with zero attached hydrogens (tertiary/aromatic N) is 2. The van der Waals surface area contributed by atoms with Crippen LogP contribution in [0, 0.1) is 0 Å². The second kappa shape index (κ2) is 6.90. The average molecular weight is 280 g/mol. The predicted octanol–water partition coefficient (Wildman–Crippen LogP) is 1.47. The molecule has 1 aliphatic rings. The highest BCUT2D eigenvalue weighted by atomic mass is 16.3. The summed E-state index contributed by atoms with van der Waals surface area (Å²) < 4.78 is 5.25. The van der Waals surface area contributed by atoms with Gasteiger partial charge in [-0.3, -0.25) is 9.69 Å². The number of amides is 1. The van der Waals surface area contributed by atoms with Gasteiger partial charge in [0, 0.05) is 13.1 Å². The molecule has 20 heavy (non-hydrogen) atoms. The summed E-state index contributed by atoms with van der Waals surface area (Å²) in [6.45, 7) is 0.811. The van der Waals surface area contributed by atoms with Crippen molar-refractivity contribution in [3.63, 3.8) is 0 Å². The van der Waals surface area contributed by atoms with E-state index in [2.05, 4.69) is 0 Å². The Balaban J connectivity index is 1.83. The topological polar surface area (TPSA) is 56.9 Å². The lowest BCUT2D eigenvalue weighted by Crippen LogP contribution is -2.47. The number of aliphatic hydroxyl groups excluding tert-OH is 1. The van der Waals surface area contributed by atoms with E-state index < -0.39 is 0 Å². The van der Waals surface area contributed by atoms with E-state index in [0.717, 1.165) is 31.4 Å². The van der Waals surface area contributed by atoms with E-state index in [-0.39, 0.29) is 18.1 Å². The molecule has 1 saturated carbocycles. The molecule has 1 heterocycles. The van der Waals surface area contributed by atoms with Gasteiger partial charge in [-0.05, 0) is 32.0 Å². The van der Waals surface area contributed by atoms with E-state index in [1.54, 1.807) is 18.2 Å². The molecule has 5 nitrogen and oxygen atoms in total. The Bertz CT molecular complexity index is 419. The number of aliphatic hydroxyl groups is 1. The number of hydrogen-bond donors (Lipinski definition) is 1. The SMILES string of the molecule is CN(Cc1ccco1)C(=O)CN(C)C1CCCCC1O. The summed E-state index contributed by atoms with van der Waals surface area (Å²) in [5.41, 5.74) is 0. The van der Waals surface area contributed by atoms with Gasteiger partial charge in [-0.15, -0.1) is 0 Å². The van der Waals surface area contributed by atoms with Crippen LogP contribution in [0.1, 0.15) is 31.4 Å². The van der Waals surface area contributed by atoms with Gasteiger partial charge in [0.05, 0.1) is 25.5 Å². The molecular formula is C15H24N2O3. The van der Waals surface area contributed by atoms with Gasteiger partial charge in [-0.2, -0.15) is 0 Å². The zero-order valence-electron chi connectivity index (χ0n) is 12.3. The van der Waals surface area contributed by atoms with Gasteiger partial charge in [0.15, 0.2) is 0 Å². The third-order valence-corrected chi connectivity index (χ3v) is 4.04. The zero-order chi connectivity index (χ0) is 14.5. The van der Waals surface area contributed by atoms with Crippen LogP contribution in [0.5, 0.6) is 0 Å². The lowest BCUT2D eigenvalue weighted by molar-refractivity contribution is -0.132. The Morgan fingerprint density at radius 2 is 2.15 bits per heavy atom. The van der Waals surface area contributed by atoms with Gasteiger partial charge in [0.25, 0.3) is 0 Å². The van der Waals surface area contributed by atoms with Crippen LogP contribution in [0.2, 0.25) is 0 Å². The van der Waals surface area contributed by atoms with Gasteiger partial charge in [0.2, 0.25) is 5.91 Å². The second-order valence-corrected chi connectivity index (χ2v) is 5.66. The first kappa shape index (κ1) is 15.1. The van der Waals surface area contributed by atoms with Gasteiger partial charge < -0.3 is 14.4 Å². The summed E-state index contributed by atoms with van der Waals surface area (Å²) in [7, 11) is 3.69. The molecule has 1 aliphatic carbocycles. The molecule has 1 aromatic heterocycles. The molecule has 0 saturated heterocycles. The van der Waals surface area contributed by atoms with Crippen molar-refractivity contribution in [2.24, 2.45) is 0 Å². The minimum Gasteiger partial charge on any atom is -0.467 e. The maximum absolute atomic E-state index is 12.2. The third-order valence-electron chi connectivity index (χ3n) is 4.04. The minimum atomic E-state index is -0.308. The average Bonchev–Trinajstić information content (AvgIpc) is 2.91. The summed E-state index contributed by atoms with van der Waals surface area (Å²) >= 11 is 0. The molecule has 0 aromatic carbocycles. The monoisotopic (exact) mass is 280 g/mol. The van der Waals surface area contributed by atoms with Crippen LogP contribution in [0.3, 0.4) is 0 Å². The number of carbonyl (C=O) groups excluding carboxylic acids is 1. The van der Waals surface area contributed by atoms with E-state index in [1.165, 1.54) is 0 Å². The summed E-state index contributed by atoms with van der Waals surface area (Å²) in [5.74, 6) is 0.822. The molecule has 1 amide bonds. The fourth-order valence-corrected chi connectivity index (χ4v) is 2.78. The summed E-state index contributed by atoms with van der Waals surface area (Å²) in [5, 5.41) is 10.0. The second-order valence-electron chi connectivity index (χ2n) is 5.66. The third kappa shape index (κ3) is 3.84. The van der Waals surface area contributed by atoms with E-state index in [0.29, 0.717) is 13.1 Å². The van der Waals surface area contributed by atoms with Crippen LogP contribution in [0.4, 0.5) is 0 Å². The molecule has 1 fully saturated rings. The number of hydrogen-bond acceptors (Lipinski definition) is 4. The van der Waals surface area contributed by atoms with E-state index in [1.807, 2.05) is 24.1 Å². The number of rotatable bonds is 5. The molecule has 2 atom stereocenters. The predicted molar refractivity (Wildman–Crippen MR) is 76.1 cm³/mol. The molecule has 112 valence electrons. The molecular weight excluding hydrogens is 256 g/mol. The molecule has 1 N–H and O–H groups in total. The Kier molecular flexibility index (Phi) is 5.20. The Morgan fingerprint density at radius 3 is 2.80 bits per heavy atom. The van der Waals surface area contributed by atoms with Gasteiger partial charge >= 0.3 is 0 Å². The first-order chi connectivity index (χ1) is 9.58. The first-order valence-corrected chi connectivity index (χ1v) is 7.22. The molecule has 0 bridgehead atoms. The summed E-state index contributed by atoms with van der Waals surface area (Å²) in [6, 6.07) is 3.78. The maximum atomic E-state index is 12.2. The Labute approximate surface area is 120 Å². The molecule has 0 radical (unpaired) electrons. The van der Waals surface area contributed by atoms with Gasteiger partial charge in [-0.25, -0.2) is 0 Å². The molecule has 1 aromatic rings. The number of likely N-dealkylation sites (N-methyl/N-ethyl adjacent to an activating group) is 2. The molecule has 0 aliphatic heterocycles. The smallest absolute Gasteiger partial charge is 0.236 e. The van der Waals surface area contributed by atoms with Gasteiger partial charge in [-0.1, -0.05) is 12.8 Å². The zero-order valence-corrected chi connectivity index (χ0v) is 12.3. The first-order valence-electron chi connectivity index (χ1n) is 7.22.